The molecule has 0 bridgehead atoms. The van der Waals surface area contributed by atoms with Crippen LogP contribution in [0.3, 0.4) is 0 Å². The first-order valence-electron chi connectivity index (χ1n) is 11.5. The molecular formula is C26H25BrClN3O5S. The first kappa shape index (κ1) is 27.1. The molecule has 1 N–H and O–H groups in total. The fraction of sp³-hybridized carbons (Fsp3) is 0.231. The SMILES string of the molecule is Cc1ccc(S(=O)(=O)N2CCN(C(=O)C(=O)Nc3cc(Cl)ccc3Oc3cccc(Br)c3)CC2)cc1C. The average Bonchev–Trinajstić information content (AvgIpc) is 2.87. The molecule has 3 aromatic carbocycles. The number of nitrogens with one attached hydrogen (secondary N) is 1. The standard InChI is InChI=1S/C26H25BrClN3O5S/c1-17-6-8-22(14-18(17)2)37(34,35)31-12-10-30(11-13-31)26(33)25(32)29-23-16-20(28)7-9-24(23)36-21-5-3-4-19(27)15-21/h3-9,14-16H,10-13H2,1-2H3,(H,29,32). The molecule has 2 amide bonds. The molecule has 37 heavy (non-hydrogen) atoms. The number of anilines is 1. The van der Waals surface area contributed by atoms with Crippen molar-refractivity contribution in [3.8, 4) is 11.5 Å². The molecule has 0 radical (unpaired) electrons. The fourth-order valence-electron chi connectivity index (χ4n) is 3.82. The molecule has 1 heterocycles. The van der Waals surface area contributed by atoms with Gasteiger partial charge in [-0.05, 0) is 73.5 Å². The van der Waals surface area contributed by atoms with Crippen LogP contribution in [0.1, 0.15) is 11.1 Å². The number of aryl methyl sites for hydroxylation is 2. The van der Waals surface area contributed by atoms with Crippen molar-refractivity contribution in [1.82, 2.24) is 9.21 Å². The predicted molar refractivity (Wildman–Crippen MR) is 146 cm³/mol. The Morgan fingerprint density at radius 3 is 2.35 bits per heavy atom. The van der Waals surface area contributed by atoms with Crippen molar-refractivity contribution in [2.24, 2.45) is 0 Å². The van der Waals surface area contributed by atoms with Crippen LogP contribution in [0, 0.1) is 13.8 Å². The summed E-state index contributed by atoms with van der Waals surface area (Å²) in [6.07, 6.45) is 0. The number of hydrogen-bond acceptors (Lipinski definition) is 5. The number of sulfonamides is 1. The number of ether oxygens (including phenoxy) is 1. The maximum absolute atomic E-state index is 13.1. The van der Waals surface area contributed by atoms with Crippen molar-refractivity contribution in [1.29, 1.82) is 0 Å². The Morgan fingerprint density at radius 2 is 1.68 bits per heavy atom. The summed E-state index contributed by atoms with van der Waals surface area (Å²) in [5.74, 6) is -0.795. The molecular weight excluding hydrogens is 582 g/mol. The molecule has 1 aliphatic heterocycles. The maximum Gasteiger partial charge on any atom is 0.314 e. The van der Waals surface area contributed by atoms with E-state index >= 15 is 0 Å². The maximum atomic E-state index is 13.1. The lowest BCUT2D eigenvalue weighted by molar-refractivity contribution is -0.143. The third-order valence-corrected chi connectivity index (χ3v) is 8.67. The van der Waals surface area contributed by atoms with Gasteiger partial charge >= 0.3 is 11.8 Å². The molecule has 1 aliphatic rings. The number of halogens is 2. The molecule has 4 rings (SSSR count). The summed E-state index contributed by atoms with van der Waals surface area (Å²) in [6, 6.07) is 16.9. The van der Waals surface area contributed by atoms with E-state index in [9.17, 15) is 18.0 Å². The Hall–Kier alpha value is -2.92. The molecule has 1 fully saturated rings. The number of nitrogens with zero attached hydrogens (tertiary/aromatic N) is 2. The highest BCUT2D eigenvalue weighted by Crippen LogP contribution is 2.33. The van der Waals surface area contributed by atoms with E-state index in [1.807, 2.05) is 19.9 Å². The second-order valence-corrected chi connectivity index (χ2v) is 11.9. The normalized spacial score (nSPS) is 14.3. The number of hydrogen-bond donors (Lipinski definition) is 1. The topological polar surface area (TPSA) is 96.0 Å². The van der Waals surface area contributed by atoms with Crippen LogP contribution < -0.4 is 10.1 Å². The Kier molecular flexibility index (Phi) is 8.23. The molecule has 3 aromatic rings. The lowest BCUT2D eigenvalue weighted by Crippen LogP contribution is -2.52. The smallest absolute Gasteiger partial charge is 0.314 e. The predicted octanol–water partition coefficient (Wildman–Crippen LogP) is 4.98. The summed E-state index contributed by atoms with van der Waals surface area (Å²) < 4.78 is 34.1. The minimum Gasteiger partial charge on any atom is -0.455 e. The summed E-state index contributed by atoms with van der Waals surface area (Å²) in [5, 5.41) is 2.93. The highest BCUT2D eigenvalue weighted by molar-refractivity contribution is 9.10. The van der Waals surface area contributed by atoms with Crippen LogP contribution in [-0.2, 0) is 19.6 Å². The summed E-state index contributed by atoms with van der Waals surface area (Å²) in [7, 11) is -3.70. The summed E-state index contributed by atoms with van der Waals surface area (Å²) in [4.78, 5) is 27.2. The van der Waals surface area contributed by atoms with Crippen molar-refractivity contribution >= 4 is 55.1 Å². The highest BCUT2D eigenvalue weighted by atomic mass is 79.9. The Morgan fingerprint density at radius 1 is 0.946 bits per heavy atom. The van der Waals surface area contributed by atoms with Crippen LogP contribution in [0.2, 0.25) is 5.02 Å². The molecule has 0 atom stereocenters. The molecule has 0 saturated carbocycles. The van der Waals surface area contributed by atoms with Gasteiger partial charge in [-0.25, -0.2) is 8.42 Å². The van der Waals surface area contributed by atoms with Crippen molar-refractivity contribution in [3.05, 3.63) is 81.3 Å². The van der Waals surface area contributed by atoms with E-state index in [-0.39, 0.29) is 36.8 Å². The molecule has 194 valence electrons. The number of piperazine rings is 1. The van der Waals surface area contributed by atoms with Gasteiger partial charge in [0.2, 0.25) is 10.0 Å². The Balaban J connectivity index is 1.41. The third kappa shape index (κ3) is 6.32. The van der Waals surface area contributed by atoms with E-state index in [2.05, 4.69) is 21.2 Å². The molecule has 0 spiro atoms. The van der Waals surface area contributed by atoms with Gasteiger partial charge in [-0.3, -0.25) is 9.59 Å². The van der Waals surface area contributed by atoms with Crippen LogP contribution >= 0.6 is 27.5 Å². The second kappa shape index (κ2) is 11.2. The number of benzene rings is 3. The van der Waals surface area contributed by atoms with E-state index in [1.54, 1.807) is 48.5 Å². The molecule has 0 aliphatic carbocycles. The lowest BCUT2D eigenvalue weighted by Gasteiger charge is -2.33. The molecule has 0 aromatic heterocycles. The minimum atomic E-state index is -3.70. The van der Waals surface area contributed by atoms with Gasteiger partial charge in [-0.15, -0.1) is 0 Å². The zero-order valence-corrected chi connectivity index (χ0v) is 23.4. The van der Waals surface area contributed by atoms with Crippen LogP contribution in [0.5, 0.6) is 11.5 Å². The zero-order chi connectivity index (χ0) is 26.7. The molecule has 8 nitrogen and oxygen atoms in total. The van der Waals surface area contributed by atoms with E-state index in [0.29, 0.717) is 16.5 Å². The minimum absolute atomic E-state index is 0.0860. The van der Waals surface area contributed by atoms with Gasteiger partial charge in [0.25, 0.3) is 0 Å². The van der Waals surface area contributed by atoms with Gasteiger partial charge in [-0.2, -0.15) is 4.31 Å². The van der Waals surface area contributed by atoms with Gasteiger partial charge in [0, 0.05) is 35.7 Å². The largest absolute Gasteiger partial charge is 0.455 e. The molecule has 1 saturated heterocycles. The first-order chi connectivity index (χ1) is 17.5. The number of carbonyl (C=O) groups is 2. The van der Waals surface area contributed by atoms with Gasteiger partial charge in [0.15, 0.2) is 5.75 Å². The van der Waals surface area contributed by atoms with Crippen molar-refractivity contribution < 1.29 is 22.7 Å². The summed E-state index contributed by atoms with van der Waals surface area (Å²) in [5.41, 5.74) is 2.13. The van der Waals surface area contributed by atoms with E-state index < -0.39 is 21.8 Å². The van der Waals surface area contributed by atoms with Crippen LogP contribution in [0.15, 0.2) is 70.0 Å². The van der Waals surface area contributed by atoms with Crippen LogP contribution in [0.4, 0.5) is 5.69 Å². The number of carbonyl (C=O) groups excluding carboxylic acids is 2. The number of amides is 2. The third-order valence-electron chi connectivity index (χ3n) is 6.05. The summed E-state index contributed by atoms with van der Waals surface area (Å²) >= 11 is 9.49. The van der Waals surface area contributed by atoms with Crippen molar-refractivity contribution in [2.45, 2.75) is 18.7 Å². The van der Waals surface area contributed by atoms with Gasteiger partial charge in [0.05, 0.1) is 10.6 Å². The van der Waals surface area contributed by atoms with Crippen molar-refractivity contribution in [2.75, 3.05) is 31.5 Å². The zero-order valence-electron chi connectivity index (χ0n) is 20.2. The highest BCUT2D eigenvalue weighted by Gasteiger charge is 2.32. The monoisotopic (exact) mass is 605 g/mol. The summed E-state index contributed by atoms with van der Waals surface area (Å²) in [6.45, 7) is 4.13. The molecule has 0 unspecified atom stereocenters. The number of rotatable bonds is 5. The quantitative estimate of drug-likeness (QED) is 0.413. The first-order valence-corrected chi connectivity index (χ1v) is 14.1. The van der Waals surface area contributed by atoms with E-state index in [4.69, 9.17) is 16.3 Å². The van der Waals surface area contributed by atoms with E-state index in [1.165, 1.54) is 15.3 Å². The lowest BCUT2D eigenvalue weighted by atomic mass is 10.1. The fourth-order valence-corrected chi connectivity index (χ4v) is 5.88. The van der Waals surface area contributed by atoms with Crippen LogP contribution in [0.25, 0.3) is 0 Å². The van der Waals surface area contributed by atoms with E-state index in [0.717, 1.165) is 15.6 Å². The average molecular weight is 607 g/mol. The Labute approximate surface area is 229 Å². The Bertz CT molecular complexity index is 1460. The van der Waals surface area contributed by atoms with Crippen LogP contribution in [-0.4, -0.2) is 55.6 Å². The van der Waals surface area contributed by atoms with Crippen molar-refractivity contribution in [3.63, 3.8) is 0 Å². The molecule has 11 heteroatoms. The van der Waals surface area contributed by atoms with Gasteiger partial charge in [-0.1, -0.05) is 39.7 Å². The second-order valence-electron chi connectivity index (χ2n) is 8.60. The van der Waals surface area contributed by atoms with Gasteiger partial charge < -0.3 is 15.0 Å². The van der Waals surface area contributed by atoms with Gasteiger partial charge in [0.1, 0.15) is 5.75 Å².